The zero-order valence-electron chi connectivity index (χ0n) is 9.33. The third-order valence-electron chi connectivity index (χ3n) is 2.18. The highest BCUT2D eigenvalue weighted by Gasteiger charge is 2.10. The van der Waals surface area contributed by atoms with E-state index in [2.05, 4.69) is 28.1 Å². The first kappa shape index (κ1) is 11.7. The smallest absolute Gasteiger partial charge is 0.125 e. The van der Waals surface area contributed by atoms with Crippen LogP contribution in [0.4, 0.5) is 0 Å². The molecule has 1 aromatic heterocycles. The van der Waals surface area contributed by atoms with Crippen molar-refractivity contribution in [1.29, 1.82) is 0 Å². The number of aryl methyl sites for hydroxylation is 1. The van der Waals surface area contributed by atoms with E-state index in [-0.39, 0.29) is 6.04 Å². The first-order valence-electron chi connectivity index (χ1n) is 5.24. The molecule has 0 radical (unpaired) electrons. The van der Waals surface area contributed by atoms with Gasteiger partial charge in [0.15, 0.2) is 0 Å². The van der Waals surface area contributed by atoms with E-state index in [1.165, 1.54) is 0 Å². The predicted molar refractivity (Wildman–Crippen MR) is 61.3 cm³/mol. The van der Waals surface area contributed by atoms with E-state index in [1.807, 2.05) is 13.0 Å². The van der Waals surface area contributed by atoms with Crippen LogP contribution in [0.15, 0.2) is 12.3 Å². The van der Waals surface area contributed by atoms with Gasteiger partial charge in [0.05, 0.1) is 11.7 Å². The summed E-state index contributed by atoms with van der Waals surface area (Å²) in [7, 11) is 0. The molecule has 0 aliphatic rings. The van der Waals surface area contributed by atoms with Gasteiger partial charge in [0, 0.05) is 12.6 Å². The van der Waals surface area contributed by atoms with Crippen LogP contribution in [0, 0.1) is 19.3 Å². The normalized spacial score (nSPS) is 12.1. The lowest BCUT2D eigenvalue weighted by Gasteiger charge is -2.16. The summed E-state index contributed by atoms with van der Waals surface area (Å²) in [6.45, 7) is 4.89. The summed E-state index contributed by atoms with van der Waals surface area (Å²) < 4.78 is 0. The van der Waals surface area contributed by atoms with Gasteiger partial charge in [-0.15, -0.1) is 12.3 Å². The quantitative estimate of drug-likeness (QED) is 0.742. The van der Waals surface area contributed by atoms with E-state index in [0.29, 0.717) is 0 Å². The molecule has 0 aliphatic heterocycles. The van der Waals surface area contributed by atoms with Crippen LogP contribution in [-0.4, -0.2) is 16.5 Å². The Morgan fingerprint density at radius 1 is 1.60 bits per heavy atom. The average molecular weight is 203 g/mol. The van der Waals surface area contributed by atoms with Gasteiger partial charge in [0.1, 0.15) is 5.82 Å². The number of rotatable bonds is 5. The SMILES string of the molecule is C#CCCC(NCC)c1ccnc(C)n1. The Hall–Kier alpha value is -1.40. The Bertz CT molecular complexity index is 341. The van der Waals surface area contributed by atoms with E-state index in [0.717, 1.165) is 30.9 Å². The van der Waals surface area contributed by atoms with Crippen molar-refractivity contribution >= 4 is 0 Å². The first-order valence-corrected chi connectivity index (χ1v) is 5.24. The molecule has 1 atom stereocenters. The van der Waals surface area contributed by atoms with Gasteiger partial charge in [-0.2, -0.15) is 0 Å². The summed E-state index contributed by atoms with van der Waals surface area (Å²) in [5.74, 6) is 3.46. The molecule has 0 aromatic carbocycles. The molecule has 0 fully saturated rings. The summed E-state index contributed by atoms with van der Waals surface area (Å²) in [4.78, 5) is 8.49. The van der Waals surface area contributed by atoms with Gasteiger partial charge in [0.2, 0.25) is 0 Å². The standard InChI is InChI=1S/C12H17N3/c1-4-6-7-11(13-5-2)12-8-9-14-10(3)15-12/h1,8-9,11,13H,5-7H2,2-3H3. The average Bonchev–Trinajstić information content (AvgIpc) is 2.24. The molecule has 1 N–H and O–H groups in total. The van der Waals surface area contributed by atoms with E-state index in [9.17, 15) is 0 Å². The van der Waals surface area contributed by atoms with E-state index in [4.69, 9.17) is 6.42 Å². The minimum absolute atomic E-state index is 0.243. The molecule has 0 bridgehead atoms. The van der Waals surface area contributed by atoms with Gasteiger partial charge in [-0.25, -0.2) is 9.97 Å². The number of hydrogen-bond acceptors (Lipinski definition) is 3. The zero-order valence-corrected chi connectivity index (χ0v) is 9.33. The summed E-state index contributed by atoms with van der Waals surface area (Å²) in [5.41, 5.74) is 1.03. The lowest BCUT2D eigenvalue weighted by molar-refractivity contribution is 0.508. The molecule has 3 heteroatoms. The van der Waals surface area contributed by atoms with Crippen molar-refractivity contribution in [2.24, 2.45) is 0 Å². The maximum atomic E-state index is 5.27. The van der Waals surface area contributed by atoms with Crippen LogP contribution in [-0.2, 0) is 0 Å². The Kier molecular flexibility index (Phi) is 4.79. The monoisotopic (exact) mass is 203 g/mol. The van der Waals surface area contributed by atoms with Crippen molar-refractivity contribution in [3.8, 4) is 12.3 Å². The van der Waals surface area contributed by atoms with Gasteiger partial charge >= 0.3 is 0 Å². The molecule has 0 spiro atoms. The molecule has 1 unspecified atom stereocenters. The Balaban J connectivity index is 2.74. The molecule has 0 amide bonds. The van der Waals surface area contributed by atoms with E-state index in [1.54, 1.807) is 6.20 Å². The second-order valence-corrected chi connectivity index (χ2v) is 3.38. The van der Waals surface area contributed by atoms with Crippen molar-refractivity contribution < 1.29 is 0 Å². The lowest BCUT2D eigenvalue weighted by atomic mass is 10.1. The molecule has 0 saturated heterocycles. The highest BCUT2D eigenvalue weighted by atomic mass is 15.0. The fourth-order valence-corrected chi connectivity index (χ4v) is 1.50. The highest BCUT2D eigenvalue weighted by Crippen LogP contribution is 2.15. The van der Waals surface area contributed by atoms with Gasteiger partial charge in [-0.05, 0) is 26.0 Å². The first-order chi connectivity index (χ1) is 7.27. The van der Waals surface area contributed by atoms with Crippen molar-refractivity contribution in [3.63, 3.8) is 0 Å². The predicted octanol–water partition coefficient (Wildman–Crippen LogP) is 1.85. The lowest BCUT2D eigenvalue weighted by Crippen LogP contribution is -2.22. The number of nitrogens with zero attached hydrogens (tertiary/aromatic N) is 2. The third kappa shape index (κ3) is 3.69. The minimum Gasteiger partial charge on any atom is -0.309 e. The fourth-order valence-electron chi connectivity index (χ4n) is 1.50. The fraction of sp³-hybridized carbons (Fsp3) is 0.500. The van der Waals surface area contributed by atoms with Crippen LogP contribution in [0.1, 0.15) is 37.3 Å². The second-order valence-electron chi connectivity index (χ2n) is 3.38. The molecular formula is C12H17N3. The number of aromatic nitrogens is 2. The maximum Gasteiger partial charge on any atom is 0.125 e. The Labute approximate surface area is 91.3 Å². The van der Waals surface area contributed by atoms with Gasteiger partial charge < -0.3 is 5.32 Å². The zero-order chi connectivity index (χ0) is 11.1. The van der Waals surface area contributed by atoms with Crippen molar-refractivity contribution in [1.82, 2.24) is 15.3 Å². The van der Waals surface area contributed by atoms with Crippen LogP contribution in [0.3, 0.4) is 0 Å². The summed E-state index contributed by atoms with van der Waals surface area (Å²) in [6.07, 6.45) is 8.74. The van der Waals surface area contributed by atoms with Gasteiger partial charge in [0.25, 0.3) is 0 Å². The third-order valence-corrected chi connectivity index (χ3v) is 2.18. The van der Waals surface area contributed by atoms with Crippen LogP contribution in [0.5, 0.6) is 0 Å². The molecule has 1 aromatic rings. The topological polar surface area (TPSA) is 37.8 Å². The Morgan fingerprint density at radius 3 is 3.00 bits per heavy atom. The maximum absolute atomic E-state index is 5.27. The van der Waals surface area contributed by atoms with E-state index >= 15 is 0 Å². The van der Waals surface area contributed by atoms with E-state index < -0.39 is 0 Å². The summed E-state index contributed by atoms with van der Waals surface area (Å²) in [6, 6.07) is 2.18. The number of nitrogens with one attached hydrogen (secondary N) is 1. The molecule has 0 saturated carbocycles. The van der Waals surface area contributed by atoms with Crippen LogP contribution < -0.4 is 5.32 Å². The minimum atomic E-state index is 0.243. The Morgan fingerprint density at radius 2 is 2.40 bits per heavy atom. The van der Waals surface area contributed by atoms with Crippen molar-refractivity contribution in [3.05, 3.63) is 23.8 Å². The molecule has 1 heterocycles. The van der Waals surface area contributed by atoms with Crippen molar-refractivity contribution in [2.45, 2.75) is 32.7 Å². The molecule has 80 valence electrons. The van der Waals surface area contributed by atoms with Crippen molar-refractivity contribution in [2.75, 3.05) is 6.54 Å². The van der Waals surface area contributed by atoms with Crippen LogP contribution in [0.2, 0.25) is 0 Å². The second kappa shape index (κ2) is 6.15. The molecule has 1 rings (SSSR count). The number of hydrogen-bond donors (Lipinski definition) is 1. The molecule has 3 nitrogen and oxygen atoms in total. The molecular weight excluding hydrogens is 186 g/mol. The van der Waals surface area contributed by atoms with Crippen LogP contribution in [0.25, 0.3) is 0 Å². The van der Waals surface area contributed by atoms with Gasteiger partial charge in [-0.3, -0.25) is 0 Å². The molecule has 0 aliphatic carbocycles. The largest absolute Gasteiger partial charge is 0.309 e. The van der Waals surface area contributed by atoms with Crippen LogP contribution >= 0.6 is 0 Å². The summed E-state index contributed by atoms with van der Waals surface area (Å²) >= 11 is 0. The van der Waals surface area contributed by atoms with Gasteiger partial charge in [-0.1, -0.05) is 6.92 Å². The summed E-state index contributed by atoms with van der Waals surface area (Å²) in [5, 5.41) is 3.38. The number of terminal acetylenes is 1. The molecule has 15 heavy (non-hydrogen) atoms. The highest BCUT2D eigenvalue weighted by molar-refractivity contribution is 5.08.